The summed E-state index contributed by atoms with van der Waals surface area (Å²) in [5, 5.41) is 7.02. The maximum Gasteiger partial charge on any atom is 0.0840 e. The van der Waals surface area contributed by atoms with E-state index in [2.05, 4.69) is 19.1 Å². The monoisotopic (exact) mass is 554 g/mol. The molecule has 2 nitrogen and oxygen atoms in total. The minimum absolute atomic E-state index is 0.599. The third-order valence-corrected chi connectivity index (χ3v) is 10.4. The molecule has 0 amide bonds. The molecule has 0 saturated heterocycles. The van der Waals surface area contributed by atoms with Gasteiger partial charge >= 0.3 is 0 Å². The molecular formula is C32H37Cl3N2. The minimum atomic E-state index is 0.599. The molecule has 4 bridgehead atoms. The molecule has 1 heterocycles. The van der Waals surface area contributed by atoms with Gasteiger partial charge in [-0.3, -0.25) is 0 Å². The zero-order valence-corrected chi connectivity index (χ0v) is 24.0. The highest BCUT2D eigenvalue weighted by atomic mass is 35.5. The van der Waals surface area contributed by atoms with Crippen LogP contribution < -0.4 is 0 Å². The summed E-state index contributed by atoms with van der Waals surface area (Å²) < 4.78 is 1.99. The second kappa shape index (κ2) is 10.9. The fourth-order valence-electron chi connectivity index (χ4n) is 8.09. The van der Waals surface area contributed by atoms with Gasteiger partial charge in [-0.15, -0.1) is 0 Å². The molecular weight excluding hydrogens is 519 g/mol. The molecule has 4 fully saturated rings. The molecule has 5 heteroatoms. The molecule has 3 aromatic rings. The summed E-state index contributed by atoms with van der Waals surface area (Å²) in [6, 6.07) is 13.6. The lowest BCUT2D eigenvalue weighted by Gasteiger charge is -2.54. The van der Waals surface area contributed by atoms with Gasteiger partial charge < -0.3 is 0 Å². The fourth-order valence-corrected chi connectivity index (χ4v) is 8.70. The molecule has 0 atom stereocenters. The number of hydrogen-bond donors (Lipinski definition) is 0. The van der Waals surface area contributed by atoms with Gasteiger partial charge in [0.05, 0.1) is 22.1 Å². The molecule has 196 valence electrons. The summed E-state index contributed by atoms with van der Waals surface area (Å²) in [6.45, 7) is 2.18. The van der Waals surface area contributed by atoms with Crippen molar-refractivity contribution in [1.29, 1.82) is 0 Å². The Morgan fingerprint density at radius 1 is 0.784 bits per heavy atom. The van der Waals surface area contributed by atoms with Crippen LogP contribution in [0.25, 0.3) is 16.9 Å². The van der Waals surface area contributed by atoms with Crippen LogP contribution in [0.1, 0.15) is 75.5 Å². The van der Waals surface area contributed by atoms with Crippen LogP contribution in [0.15, 0.2) is 42.5 Å². The molecule has 2 aromatic carbocycles. The van der Waals surface area contributed by atoms with E-state index in [4.69, 9.17) is 39.9 Å². The predicted octanol–water partition coefficient (Wildman–Crippen LogP) is 10.4. The SMILES string of the molecule is Cc1c(CCCCCCC2C3CC4CC(C3)CC2C4)nn(-c2ccc(Cl)cc2Cl)c1-c1ccc(Cl)cc1. The number of rotatable bonds is 9. The van der Waals surface area contributed by atoms with Gasteiger partial charge in [0.1, 0.15) is 0 Å². The number of halogens is 3. The van der Waals surface area contributed by atoms with Gasteiger partial charge in [-0.1, -0.05) is 66.2 Å². The Balaban J connectivity index is 1.10. The molecule has 7 rings (SSSR count). The Bertz CT molecular complexity index is 1220. The van der Waals surface area contributed by atoms with Crippen LogP contribution in [0.5, 0.6) is 0 Å². The van der Waals surface area contributed by atoms with Crippen LogP contribution in [-0.2, 0) is 6.42 Å². The number of unbranched alkanes of at least 4 members (excludes halogenated alkanes) is 3. The van der Waals surface area contributed by atoms with E-state index in [0.29, 0.717) is 10.0 Å². The van der Waals surface area contributed by atoms with Crippen molar-refractivity contribution < 1.29 is 0 Å². The van der Waals surface area contributed by atoms with Gasteiger partial charge in [0, 0.05) is 15.6 Å². The van der Waals surface area contributed by atoms with Crippen molar-refractivity contribution in [3.05, 3.63) is 68.8 Å². The second-order valence-corrected chi connectivity index (χ2v) is 13.3. The third-order valence-electron chi connectivity index (χ3n) is 9.60. The van der Waals surface area contributed by atoms with Crippen molar-refractivity contribution in [3.63, 3.8) is 0 Å². The van der Waals surface area contributed by atoms with E-state index in [1.54, 1.807) is 38.2 Å². The number of aromatic nitrogens is 2. The van der Waals surface area contributed by atoms with E-state index in [9.17, 15) is 0 Å². The van der Waals surface area contributed by atoms with Crippen LogP contribution in [0, 0.1) is 36.5 Å². The number of hydrogen-bond acceptors (Lipinski definition) is 1. The topological polar surface area (TPSA) is 17.8 Å². The van der Waals surface area contributed by atoms with E-state index in [-0.39, 0.29) is 0 Å². The van der Waals surface area contributed by atoms with E-state index >= 15 is 0 Å². The Morgan fingerprint density at radius 2 is 1.43 bits per heavy atom. The molecule has 4 saturated carbocycles. The summed E-state index contributed by atoms with van der Waals surface area (Å²) in [5.74, 6) is 5.34. The first-order chi connectivity index (χ1) is 18.0. The van der Waals surface area contributed by atoms with Crippen LogP contribution in [0.2, 0.25) is 15.1 Å². The summed E-state index contributed by atoms with van der Waals surface area (Å²) in [4.78, 5) is 0. The largest absolute Gasteiger partial charge is 0.231 e. The molecule has 4 aliphatic rings. The van der Waals surface area contributed by atoms with Crippen molar-refractivity contribution >= 4 is 34.8 Å². The average molecular weight is 556 g/mol. The zero-order chi connectivity index (χ0) is 25.5. The smallest absolute Gasteiger partial charge is 0.0840 e. The van der Waals surface area contributed by atoms with Crippen molar-refractivity contribution in [2.45, 2.75) is 77.6 Å². The Kier molecular flexibility index (Phi) is 7.63. The quantitative estimate of drug-likeness (QED) is 0.240. The fraction of sp³-hybridized carbons (Fsp3) is 0.531. The highest BCUT2D eigenvalue weighted by Crippen LogP contribution is 2.57. The highest BCUT2D eigenvalue weighted by Gasteiger charge is 2.47. The highest BCUT2D eigenvalue weighted by molar-refractivity contribution is 6.35. The second-order valence-electron chi connectivity index (χ2n) is 12.0. The van der Waals surface area contributed by atoms with E-state index in [1.165, 1.54) is 37.7 Å². The summed E-state index contributed by atoms with van der Waals surface area (Å²) >= 11 is 19.0. The Labute approximate surface area is 236 Å². The van der Waals surface area contributed by atoms with Crippen LogP contribution in [0.4, 0.5) is 0 Å². The van der Waals surface area contributed by atoms with Crippen LogP contribution in [0.3, 0.4) is 0 Å². The first kappa shape index (κ1) is 25.8. The van der Waals surface area contributed by atoms with Crippen molar-refractivity contribution in [2.75, 3.05) is 0 Å². The van der Waals surface area contributed by atoms with Crippen LogP contribution >= 0.6 is 34.8 Å². The van der Waals surface area contributed by atoms with Gasteiger partial charge in [0.2, 0.25) is 0 Å². The normalized spacial score (nSPS) is 26.2. The van der Waals surface area contributed by atoms with E-state index in [0.717, 1.165) is 63.7 Å². The lowest BCUT2D eigenvalue weighted by atomic mass is 9.51. The summed E-state index contributed by atoms with van der Waals surface area (Å²) in [7, 11) is 0. The molecule has 4 aliphatic carbocycles. The van der Waals surface area contributed by atoms with Gasteiger partial charge in [-0.25, -0.2) is 4.68 Å². The Morgan fingerprint density at radius 3 is 2.11 bits per heavy atom. The molecule has 0 N–H and O–H groups in total. The van der Waals surface area contributed by atoms with Crippen molar-refractivity contribution in [2.24, 2.45) is 29.6 Å². The lowest BCUT2D eigenvalue weighted by molar-refractivity contribution is -0.0404. The number of nitrogens with zero attached hydrogens (tertiary/aromatic N) is 2. The minimum Gasteiger partial charge on any atom is -0.231 e. The first-order valence-corrected chi connectivity index (χ1v) is 15.4. The molecule has 0 unspecified atom stereocenters. The standard InChI is InChI=1S/C32H37Cl3N2/c1-20-30(7-5-3-2-4-6-28-24-15-21-14-22(17-24)18-25(28)16-21)36-37(31-13-12-27(34)19-29(31)35)32(20)23-8-10-26(33)11-9-23/h8-13,19,21-22,24-25,28H,2-7,14-18H2,1H3. The summed E-state index contributed by atoms with van der Waals surface area (Å²) in [5.41, 5.74) is 5.36. The maximum absolute atomic E-state index is 6.61. The van der Waals surface area contributed by atoms with Gasteiger partial charge in [0.25, 0.3) is 0 Å². The third kappa shape index (κ3) is 5.36. The molecule has 0 aliphatic heterocycles. The lowest BCUT2D eigenvalue weighted by Crippen LogP contribution is -2.44. The predicted molar refractivity (Wildman–Crippen MR) is 156 cm³/mol. The van der Waals surface area contributed by atoms with Gasteiger partial charge in [0.15, 0.2) is 0 Å². The van der Waals surface area contributed by atoms with Crippen molar-refractivity contribution in [1.82, 2.24) is 9.78 Å². The van der Waals surface area contributed by atoms with Gasteiger partial charge in [-0.05, 0) is 124 Å². The first-order valence-electron chi connectivity index (χ1n) is 14.3. The molecule has 1 aromatic heterocycles. The summed E-state index contributed by atoms with van der Waals surface area (Å²) in [6.07, 6.45) is 15.4. The van der Waals surface area contributed by atoms with Crippen LogP contribution in [-0.4, -0.2) is 9.78 Å². The maximum atomic E-state index is 6.61. The van der Waals surface area contributed by atoms with Gasteiger partial charge in [-0.2, -0.15) is 5.10 Å². The zero-order valence-electron chi connectivity index (χ0n) is 21.7. The molecule has 0 spiro atoms. The molecule has 0 radical (unpaired) electrons. The molecule has 37 heavy (non-hydrogen) atoms. The van der Waals surface area contributed by atoms with E-state index < -0.39 is 0 Å². The average Bonchev–Trinajstić information content (AvgIpc) is 3.18. The number of aryl methyl sites for hydroxylation is 1. The van der Waals surface area contributed by atoms with E-state index in [1.807, 2.05) is 28.9 Å². The Hall–Kier alpha value is -1.48. The van der Waals surface area contributed by atoms with Crippen molar-refractivity contribution in [3.8, 4) is 16.9 Å². The number of benzene rings is 2.